The van der Waals surface area contributed by atoms with Gasteiger partial charge in [-0.3, -0.25) is 15.5 Å². The van der Waals surface area contributed by atoms with Crippen molar-refractivity contribution in [2.75, 3.05) is 5.43 Å². The molecule has 1 aromatic carbocycles. The predicted molar refractivity (Wildman–Crippen MR) is 55.9 cm³/mol. The van der Waals surface area contributed by atoms with Crippen molar-refractivity contribution in [3.63, 3.8) is 0 Å². The summed E-state index contributed by atoms with van der Waals surface area (Å²) in [4.78, 5) is 9.77. The maximum atomic E-state index is 12.1. The van der Waals surface area contributed by atoms with Crippen LogP contribution in [-0.2, 0) is 0 Å². The summed E-state index contributed by atoms with van der Waals surface area (Å²) in [6.45, 7) is 0.796. The first-order valence-electron chi connectivity index (χ1n) is 4.42. The summed E-state index contributed by atoms with van der Waals surface area (Å²) in [5.74, 6) is 0. The fourth-order valence-electron chi connectivity index (χ4n) is 0.901. The second-order valence-corrected chi connectivity index (χ2v) is 3.11. The average molecular weight is 247 g/mol. The maximum absolute atomic E-state index is 12.1. The molecule has 0 aliphatic rings. The minimum absolute atomic E-state index is 0.114. The summed E-state index contributed by atoms with van der Waals surface area (Å²) in [6, 6.07) is 5.04. The van der Waals surface area contributed by atoms with Gasteiger partial charge in [0.15, 0.2) is 0 Å². The Balaban J connectivity index is 2.83. The van der Waals surface area contributed by atoms with Gasteiger partial charge in [0.1, 0.15) is 5.71 Å². The molecule has 0 saturated heterocycles. The van der Waals surface area contributed by atoms with E-state index in [4.69, 9.17) is 0 Å². The van der Waals surface area contributed by atoms with E-state index < -0.39 is 16.8 Å². The van der Waals surface area contributed by atoms with Gasteiger partial charge in [-0.1, -0.05) is 6.07 Å². The Bertz CT molecular complexity index is 457. The van der Waals surface area contributed by atoms with Crippen molar-refractivity contribution in [1.82, 2.24) is 0 Å². The van der Waals surface area contributed by atoms with Crippen LogP contribution in [0.25, 0.3) is 0 Å². The Morgan fingerprint density at radius 2 is 2.12 bits per heavy atom. The molecule has 0 unspecified atom stereocenters. The number of rotatable bonds is 3. The Kier molecular flexibility index (Phi) is 3.66. The number of nitro benzene ring substituents is 1. The van der Waals surface area contributed by atoms with Crippen LogP contribution < -0.4 is 5.43 Å². The molecule has 0 spiro atoms. The van der Waals surface area contributed by atoms with Gasteiger partial charge < -0.3 is 0 Å². The lowest BCUT2D eigenvalue weighted by Gasteiger charge is -2.06. The molecule has 1 rings (SSSR count). The molecule has 1 aromatic rings. The molecule has 5 nitrogen and oxygen atoms in total. The van der Waals surface area contributed by atoms with E-state index in [1.54, 1.807) is 0 Å². The van der Waals surface area contributed by atoms with E-state index in [0.717, 1.165) is 13.0 Å². The summed E-state index contributed by atoms with van der Waals surface area (Å²) in [7, 11) is 0. The second-order valence-electron chi connectivity index (χ2n) is 3.11. The van der Waals surface area contributed by atoms with Gasteiger partial charge in [-0.25, -0.2) is 0 Å². The van der Waals surface area contributed by atoms with Crippen molar-refractivity contribution in [2.45, 2.75) is 13.1 Å². The highest BCUT2D eigenvalue weighted by molar-refractivity contribution is 5.87. The second kappa shape index (κ2) is 4.81. The first kappa shape index (κ1) is 12.9. The summed E-state index contributed by atoms with van der Waals surface area (Å²) in [6.07, 6.45) is -4.52. The molecule has 17 heavy (non-hydrogen) atoms. The number of hydrogen-bond acceptors (Lipinski definition) is 4. The number of non-ortho nitro benzene ring substituents is 1. The Morgan fingerprint density at radius 3 is 2.65 bits per heavy atom. The zero-order valence-electron chi connectivity index (χ0n) is 8.65. The standard InChI is InChI=1S/C9H8F3N3O2/c1-6(9(10,11)12)13-14-7-3-2-4-8(5-7)15(16)17/h2-5,14H,1H3/b13-6+. The van der Waals surface area contributed by atoms with E-state index in [1.165, 1.54) is 18.2 Å². The molecule has 0 amide bonds. The van der Waals surface area contributed by atoms with Crippen LogP contribution in [0.15, 0.2) is 29.4 Å². The van der Waals surface area contributed by atoms with Crippen LogP contribution in [0.1, 0.15) is 6.92 Å². The van der Waals surface area contributed by atoms with Crippen LogP contribution in [0.3, 0.4) is 0 Å². The van der Waals surface area contributed by atoms with Crippen molar-refractivity contribution < 1.29 is 18.1 Å². The third-order valence-corrected chi connectivity index (χ3v) is 1.82. The van der Waals surface area contributed by atoms with E-state index in [9.17, 15) is 23.3 Å². The normalized spacial score (nSPS) is 12.4. The van der Waals surface area contributed by atoms with Gasteiger partial charge in [0.2, 0.25) is 0 Å². The van der Waals surface area contributed by atoms with Gasteiger partial charge in [0.05, 0.1) is 10.6 Å². The Morgan fingerprint density at radius 1 is 1.47 bits per heavy atom. The highest BCUT2D eigenvalue weighted by Crippen LogP contribution is 2.19. The fourth-order valence-corrected chi connectivity index (χ4v) is 0.901. The SMILES string of the molecule is C/C(=N\Nc1cccc([N+](=O)[O-])c1)C(F)(F)F. The highest BCUT2D eigenvalue weighted by atomic mass is 19.4. The molecule has 0 aromatic heterocycles. The largest absolute Gasteiger partial charge is 0.430 e. The minimum atomic E-state index is -4.52. The summed E-state index contributed by atoms with van der Waals surface area (Å²) < 4.78 is 36.2. The summed E-state index contributed by atoms with van der Waals surface area (Å²) in [5, 5.41) is 13.5. The highest BCUT2D eigenvalue weighted by Gasteiger charge is 2.32. The van der Waals surface area contributed by atoms with Gasteiger partial charge in [-0.2, -0.15) is 18.3 Å². The maximum Gasteiger partial charge on any atom is 0.430 e. The van der Waals surface area contributed by atoms with E-state index in [-0.39, 0.29) is 11.4 Å². The minimum Gasteiger partial charge on any atom is -0.278 e. The number of hydrogen-bond donors (Lipinski definition) is 1. The molecule has 0 atom stereocenters. The monoisotopic (exact) mass is 247 g/mol. The van der Waals surface area contributed by atoms with Crippen LogP contribution in [0.4, 0.5) is 24.5 Å². The van der Waals surface area contributed by atoms with Crippen LogP contribution in [0, 0.1) is 10.1 Å². The van der Waals surface area contributed by atoms with E-state index in [0.29, 0.717) is 0 Å². The van der Waals surface area contributed by atoms with Crippen LogP contribution in [0.2, 0.25) is 0 Å². The molecule has 0 aliphatic carbocycles. The number of benzene rings is 1. The van der Waals surface area contributed by atoms with E-state index >= 15 is 0 Å². The quantitative estimate of drug-likeness (QED) is 0.507. The molecule has 1 N–H and O–H groups in total. The molecule has 92 valence electrons. The third-order valence-electron chi connectivity index (χ3n) is 1.82. The number of nitrogens with one attached hydrogen (secondary N) is 1. The van der Waals surface area contributed by atoms with Crippen LogP contribution in [0.5, 0.6) is 0 Å². The Labute approximate surface area is 94.1 Å². The lowest BCUT2D eigenvalue weighted by Crippen LogP contribution is -2.20. The fraction of sp³-hybridized carbons (Fsp3) is 0.222. The molecule has 0 aliphatic heterocycles. The number of nitrogens with zero attached hydrogens (tertiary/aromatic N) is 2. The lowest BCUT2D eigenvalue weighted by atomic mass is 10.3. The zero-order valence-corrected chi connectivity index (χ0v) is 8.65. The molecular weight excluding hydrogens is 239 g/mol. The van der Waals surface area contributed by atoms with E-state index in [1.807, 2.05) is 0 Å². The van der Waals surface area contributed by atoms with Gasteiger partial charge in [0, 0.05) is 12.1 Å². The number of anilines is 1. The number of alkyl halides is 3. The predicted octanol–water partition coefficient (Wildman–Crippen LogP) is 2.94. The van der Waals surface area contributed by atoms with Crippen LogP contribution >= 0.6 is 0 Å². The van der Waals surface area contributed by atoms with Crippen molar-refractivity contribution in [2.24, 2.45) is 5.10 Å². The molecular formula is C9H8F3N3O2. The van der Waals surface area contributed by atoms with Crippen molar-refractivity contribution in [1.29, 1.82) is 0 Å². The molecule has 0 radical (unpaired) electrons. The number of nitro groups is 1. The first-order valence-corrected chi connectivity index (χ1v) is 4.42. The zero-order chi connectivity index (χ0) is 13.1. The van der Waals surface area contributed by atoms with Gasteiger partial charge in [0.25, 0.3) is 5.69 Å². The van der Waals surface area contributed by atoms with Crippen LogP contribution in [-0.4, -0.2) is 16.8 Å². The van der Waals surface area contributed by atoms with Gasteiger partial charge >= 0.3 is 6.18 Å². The van der Waals surface area contributed by atoms with Gasteiger partial charge in [-0.15, -0.1) is 0 Å². The molecule has 8 heteroatoms. The van der Waals surface area contributed by atoms with Crippen molar-refractivity contribution in [3.05, 3.63) is 34.4 Å². The van der Waals surface area contributed by atoms with Gasteiger partial charge in [-0.05, 0) is 13.0 Å². The molecule has 0 saturated carbocycles. The summed E-state index contributed by atoms with van der Waals surface area (Å²) in [5.41, 5.74) is 0.931. The Hall–Kier alpha value is -2.12. The topological polar surface area (TPSA) is 67.5 Å². The lowest BCUT2D eigenvalue weighted by molar-refractivity contribution is -0.384. The smallest absolute Gasteiger partial charge is 0.278 e. The van der Waals surface area contributed by atoms with E-state index in [2.05, 4.69) is 10.5 Å². The van der Waals surface area contributed by atoms with Crippen molar-refractivity contribution >= 4 is 17.1 Å². The third kappa shape index (κ3) is 3.74. The average Bonchev–Trinajstić information content (AvgIpc) is 2.25. The summed E-state index contributed by atoms with van der Waals surface area (Å²) >= 11 is 0. The number of halogens is 3. The first-order chi connectivity index (χ1) is 7.80. The molecule has 0 fully saturated rings. The molecule has 0 bridgehead atoms. The van der Waals surface area contributed by atoms with Crippen molar-refractivity contribution in [3.8, 4) is 0 Å². The number of hydrazone groups is 1. The molecule has 0 heterocycles.